The molecule has 0 radical (unpaired) electrons. The normalized spacial score (nSPS) is 21.5. The fourth-order valence-electron chi connectivity index (χ4n) is 1.16. The second-order valence-electron chi connectivity index (χ2n) is 2.86. The van der Waals surface area contributed by atoms with Gasteiger partial charge < -0.3 is 10.5 Å². The van der Waals surface area contributed by atoms with Crippen LogP contribution in [0.2, 0.25) is 0 Å². The molecule has 1 aliphatic rings. The van der Waals surface area contributed by atoms with Crippen LogP contribution in [0.5, 0.6) is 0 Å². The zero-order valence-corrected chi connectivity index (χ0v) is 7.32. The minimum absolute atomic E-state index is 0. The van der Waals surface area contributed by atoms with Gasteiger partial charge in [0.15, 0.2) is 0 Å². The van der Waals surface area contributed by atoms with E-state index in [-0.39, 0.29) is 17.9 Å². The number of hydrogen-bond donors (Lipinski definition) is 1. The lowest BCUT2D eigenvalue weighted by Crippen LogP contribution is -2.44. The second-order valence-corrected chi connectivity index (χ2v) is 2.86. The maximum absolute atomic E-state index is 5.95. The van der Waals surface area contributed by atoms with Gasteiger partial charge in [0.05, 0.1) is 0 Å². The van der Waals surface area contributed by atoms with E-state index in [1.807, 2.05) is 0 Å². The molecule has 2 nitrogen and oxygen atoms in total. The Bertz CT molecular complexity index is 147. The molecule has 0 aromatic heterocycles. The fraction of sp³-hybridized carbons (Fsp3) is 0.750. The average Bonchev–Trinajstić information content (AvgIpc) is 1.89. The van der Waals surface area contributed by atoms with Gasteiger partial charge in [-0.15, -0.1) is 24.8 Å². The topological polar surface area (TPSA) is 35.2 Å². The minimum atomic E-state index is -0.132. The highest BCUT2D eigenvalue weighted by Gasteiger charge is 2.26. The smallest absolute Gasteiger partial charge is 0.0483 e. The Morgan fingerprint density at radius 1 is 1.45 bits per heavy atom. The molecule has 0 saturated carbocycles. The molecule has 0 aromatic carbocycles. The third-order valence-electron chi connectivity index (χ3n) is 1.94. The predicted octanol–water partition coefficient (Wildman–Crippen LogP) is 0.939. The maximum Gasteiger partial charge on any atom is 0.0483 e. The first kappa shape index (κ1) is 10.8. The molecule has 0 aliphatic carbocycles. The molecule has 64 valence electrons. The summed E-state index contributed by atoms with van der Waals surface area (Å²) in [5.41, 5.74) is 5.82. The third kappa shape index (κ3) is 3.11. The van der Waals surface area contributed by atoms with Gasteiger partial charge in [-0.3, -0.25) is 0 Å². The van der Waals surface area contributed by atoms with Crippen molar-refractivity contribution in [3.8, 4) is 12.3 Å². The molecule has 11 heavy (non-hydrogen) atoms. The summed E-state index contributed by atoms with van der Waals surface area (Å²) in [5.74, 6) is 2.60. The van der Waals surface area contributed by atoms with Crippen LogP contribution in [-0.4, -0.2) is 18.8 Å². The highest BCUT2D eigenvalue weighted by atomic mass is 35.5. The molecule has 0 atom stereocenters. The largest absolute Gasteiger partial charge is 0.381 e. The summed E-state index contributed by atoms with van der Waals surface area (Å²) >= 11 is 0. The standard InChI is InChI=1S/C8H13NO.ClH/c1-2-3-8(9)4-6-10-7-5-8;/h1H,3-7,9H2;1H. The quantitative estimate of drug-likeness (QED) is 0.603. The Hall–Kier alpha value is -0.230. The van der Waals surface area contributed by atoms with E-state index in [4.69, 9.17) is 16.9 Å². The van der Waals surface area contributed by atoms with Gasteiger partial charge >= 0.3 is 0 Å². The van der Waals surface area contributed by atoms with Gasteiger partial charge in [0.1, 0.15) is 0 Å². The van der Waals surface area contributed by atoms with Crippen molar-refractivity contribution in [1.82, 2.24) is 0 Å². The van der Waals surface area contributed by atoms with Crippen LogP contribution in [0.1, 0.15) is 19.3 Å². The van der Waals surface area contributed by atoms with Crippen LogP contribution in [0.4, 0.5) is 0 Å². The highest BCUT2D eigenvalue weighted by molar-refractivity contribution is 5.85. The van der Waals surface area contributed by atoms with Gasteiger partial charge in [0.2, 0.25) is 0 Å². The maximum atomic E-state index is 5.95. The van der Waals surface area contributed by atoms with Gasteiger partial charge in [-0.25, -0.2) is 0 Å². The van der Waals surface area contributed by atoms with Crippen LogP contribution in [0.25, 0.3) is 0 Å². The number of nitrogens with two attached hydrogens (primary N) is 1. The number of halogens is 1. The van der Waals surface area contributed by atoms with E-state index in [0.29, 0.717) is 6.42 Å². The third-order valence-corrected chi connectivity index (χ3v) is 1.94. The van der Waals surface area contributed by atoms with E-state index < -0.39 is 0 Å². The lowest BCUT2D eigenvalue weighted by molar-refractivity contribution is 0.0549. The Labute approximate surface area is 73.9 Å². The lowest BCUT2D eigenvalue weighted by atomic mass is 9.88. The Morgan fingerprint density at radius 2 is 2.00 bits per heavy atom. The molecule has 1 fully saturated rings. The van der Waals surface area contributed by atoms with Gasteiger partial charge in [-0.2, -0.15) is 0 Å². The first-order chi connectivity index (χ1) is 4.77. The van der Waals surface area contributed by atoms with Crippen molar-refractivity contribution in [3.05, 3.63) is 0 Å². The molecule has 2 N–H and O–H groups in total. The lowest BCUT2D eigenvalue weighted by Gasteiger charge is -2.31. The van der Waals surface area contributed by atoms with Gasteiger partial charge in [0, 0.05) is 25.2 Å². The van der Waals surface area contributed by atoms with Crippen LogP contribution in [0.15, 0.2) is 0 Å². The van der Waals surface area contributed by atoms with E-state index >= 15 is 0 Å². The molecule has 0 unspecified atom stereocenters. The van der Waals surface area contributed by atoms with Crippen LogP contribution < -0.4 is 5.73 Å². The van der Waals surface area contributed by atoms with E-state index in [1.165, 1.54) is 0 Å². The summed E-state index contributed by atoms with van der Waals surface area (Å²) in [6.07, 6.45) is 7.65. The molecule has 3 heteroatoms. The molecule has 0 spiro atoms. The molecule has 0 amide bonds. The Kier molecular flexibility index (Phi) is 4.51. The predicted molar refractivity (Wildman–Crippen MR) is 47.7 cm³/mol. The number of terminal acetylenes is 1. The van der Waals surface area contributed by atoms with Crippen molar-refractivity contribution >= 4 is 12.4 Å². The van der Waals surface area contributed by atoms with Crippen LogP contribution in [0.3, 0.4) is 0 Å². The average molecular weight is 176 g/mol. The molecular formula is C8H14ClNO. The molecule has 0 aromatic rings. The van der Waals surface area contributed by atoms with Crippen LogP contribution >= 0.6 is 12.4 Å². The first-order valence-corrected chi connectivity index (χ1v) is 3.57. The fourth-order valence-corrected chi connectivity index (χ4v) is 1.16. The molecule has 1 rings (SSSR count). The summed E-state index contributed by atoms with van der Waals surface area (Å²) in [6, 6.07) is 0. The first-order valence-electron chi connectivity index (χ1n) is 3.57. The monoisotopic (exact) mass is 175 g/mol. The van der Waals surface area contributed by atoms with Crippen molar-refractivity contribution in [3.63, 3.8) is 0 Å². The molecule has 0 bridgehead atoms. The van der Waals surface area contributed by atoms with E-state index in [2.05, 4.69) is 5.92 Å². The van der Waals surface area contributed by atoms with Crippen LogP contribution in [0, 0.1) is 12.3 Å². The minimum Gasteiger partial charge on any atom is -0.381 e. The Balaban J connectivity index is 0.000001000. The zero-order chi connectivity index (χ0) is 7.45. The summed E-state index contributed by atoms with van der Waals surface area (Å²) in [4.78, 5) is 0. The van der Waals surface area contributed by atoms with Crippen molar-refractivity contribution < 1.29 is 4.74 Å². The van der Waals surface area contributed by atoms with Crippen molar-refractivity contribution in [1.29, 1.82) is 0 Å². The summed E-state index contributed by atoms with van der Waals surface area (Å²) in [6.45, 7) is 1.52. The number of rotatable bonds is 1. The second kappa shape index (κ2) is 4.61. The molecule has 1 saturated heterocycles. The highest BCUT2D eigenvalue weighted by Crippen LogP contribution is 2.20. The van der Waals surface area contributed by atoms with Gasteiger partial charge in [0.25, 0.3) is 0 Å². The van der Waals surface area contributed by atoms with Gasteiger partial charge in [-0.05, 0) is 12.8 Å². The van der Waals surface area contributed by atoms with Gasteiger partial charge in [-0.1, -0.05) is 0 Å². The zero-order valence-electron chi connectivity index (χ0n) is 6.51. The van der Waals surface area contributed by atoms with Crippen molar-refractivity contribution in [2.24, 2.45) is 5.73 Å². The number of hydrogen-bond acceptors (Lipinski definition) is 2. The molecule has 1 heterocycles. The summed E-state index contributed by atoms with van der Waals surface area (Å²) in [5, 5.41) is 0. The molecular weight excluding hydrogens is 162 g/mol. The molecule has 1 aliphatic heterocycles. The summed E-state index contributed by atoms with van der Waals surface area (Å²) in [7, 11) is 0. The van der Waals surface area contributed by atoms with E-state index in [1.54, 1.807) is 0 Å². The van der Waals surface area contributed by atoms with Crippen molar-refractivity contribution in [2.75, 3.05) is 13.2 Å². The van der Waals surface area contributed by atoms with E-state index in [9.17, 15) is 0 Å². The van der Waals surface area contributed by atoms with Crippen LogP contribution in [-0.2, 0) is 4.74 Å². The van der Waals surface area contributed by atoms with E-state index in [0.717, 1.165) is 26.1 Å². The SMILES string of the molecule is C#CCC1(N)CCOCC1.Cl. The van der Waals surface area contributed by atoms with Crippen molar-refractivity contribution in [2.45, 2.75) is 24.8 Å². The summed E-state index contributed by atoms with van der Waals surface area (Å²) < 4.78 is 5.16. The number of ether oxygens (including phenoxy) is 1. The Morgan fingerprint density at radius 3 is 2.45 bits per heavy atom.